The molecule has 1 rings (SSSR count). The van der Waals surface area contributed by atoms with Crippen LogP contribution in [0.5, 0.6) is 0 Å². The van der Waals surface area contributed by atoms with Crippen molar-refractivity contribution in [3.63, 3.8) is 0 Å². The van der Waals surface area contributed by atoms with Crippen LogP contribution >= 0.6 is 19.8 Å². The van der Waals surface area contributed by atoms with Crippen LogP contribution < -0.4 is 10.6 Å². The number of hydrogen-bond acceptors (Lipinski definition) is 5. The number of halogens is 1. The van der Waals surface area contributed by atoms with Crippen molar-refractivity contribution in [3.8, 4) is 0 Å². The number of carboxylic acid groups (broad SMARTS) is 1. The van der Waals surface area contributed by atoms with Crippen molar-refractivity contribution >= 4 is 37.7 Å². The third-order valence-electron chi connectivity index (χ3n) is 4.06. The molecule has 0 bridgehead atoms. The van der Waals surface area contributed by atoms with Gasteiger partial charge in [0.15, 0.2) is 0 Å². The van der Waals surface area contributed by atoms with Gasteiger partial charge in [-0.05, 0) is 39.7 Å². The number of carboxylic acids is 1. The quantitative estimate of drug-likeness (QED) is 0.378. The summed E-state index contributed by atoms with van der Waals surface area (Å²) >= 11 is 0. The van der Waals surface area contributed by atoms with E-state index in [1.165, 1.54) is 6.92 Å². The molecule has 0 saturated heterocycles. The van der Waals surface area contributed by atoms with Crippen LogP contribution in [0.4, 0.5) is 4.79 Å². The van der Waals surface area contributed by atoms with Gasteiger partial charge >= 0.3 is 12.1 Å². The molecule has 0 radical (unpaired) electrons. The molecule has 2 amide bonds. The van der Waals surface area contributed by atoms with E-state index < -0.39 is 42.9 Å². The average Bonchev–Trinajstić information content (AvgIpc) is 2.59. The maximum atomic E-state index is 12.7. The lowest BCUT2D eigenvalue weighted by Gasteiger charge is -2.22. The molecule has 176 valence electrons. The number of benzene rings is 1. The Kier molecular flexibility index (Phi) is 11.8. The number of carbonyl (C=O) groups excluding carboxylic acids is 2. The monoisotopic (exact) mass is 478 g/mol. The zero-order valence-electron chi connectivity index (χ0n) is 18.2. The van der Waals surface area contributed by atoms with Gasteiger partial charge in [-0.1, -0.05) is 30.3 Å². The van der Waals surface area contributed by atoms with Crippen LogP contribution in [0.15, 0.2) is 30.3 Å². The average molecular weight is 479 g/mol. The summed E-state index contributed by atoms with van der Waals surface area (Å²) in [5, 5.41) is 13.8. The Morgan fingerprint density at radius 3 is 2.26 bits per heavy atom. The van der Waals surface area contributed by atoms with Crippen LogP contribution in [0.1, 0.15) is 33.3 Å². The first-order valence-corrected chi connectivity index (χ1v) is 11.7. The fourth-order valence-corrected chi connectivity index (χ4v) is 4.24. The van der Waals surface area contributed by atoms with Crippen LogP contribution in [-0.2, 0) is 25.3 Å². The van der Waals surface area contributed by atoms with E-state index in [0.29, 0.717) is 0 Å². The molecule has 3 atom stereocenters. The molecule has 9 nitrogen and oxygen atoms in total. The van der Waals surface area contributed by atoms with E-state index in [9.17, 15) is 23.8 Å². The van der Waals surface area contributed by atoms with E-state index in [0.717, 1.165) is 5.56 Å². The van der Waals surface area contributed by atoms with E-state index >= 15 is 0 Å². The first-order valence-electron chi connectivity index (χ1n) is 9.64. The van der Waals surface area contributed by atoms with E-state index in [1.54, 1.807) is 45.0 Å². The van der Waals surface area contributed by atoms with Crippen LogP contribution in [0.3, 0.4) is 0 Å². The highest BCUT2D eigenvalue weighted by molar-refractivity contribution is 7.58. The smallest absolute Gasteiger partial charge is 0.407 e. The van der Waals surface area contributed by atoms with Gasteiger partial charge in [0.25, 0.3) is 0 Å². The summed E-state index contributed by atoms with van der Waals surface area (Å²) in [5.41, 5.74) is 0.0969. The largest absolute Gasteiger partial charge is 0.480 e. The van der Waals surface area contributed by atoms with Crippen LogP contribution in [0, 0.1) is 5.92 Å². The van der Waals surface area contributed by atoms with Gasteiger partial charge in [-0.15, -0.1) is 12.4 Å². The number of nitrogens with one attached hydrogen (secondary N) is 2. The van der Waals surface area contributed by atoms with Crippen molar-refractivity contribution in [1.82, 2.24) is 10.6 Å². The molecule has 0 saturated carbocycles. The molecule has 0 aromatic heterocycles. The molecule has 0 heterocycles. The van der Waals surface area contributed by atoms with Crippen molar-refractivity contribution in [2.45, 2.75) is 45.8 Å². The Bertz CT molecular complexity index is 783. The molecule has 1 aromatic carbocycles. The third-order valence-corrected chi connectivity index (χ3v) is 5.99. The highest BCUT2D eigenvalue weighted by Gasteiger charge is 2.31. The van der Waals surface area contributed by atoms with E-state index in [2.05, 4.69) is 10.6 Å². The first kappa shape index (κ1) is 28.9. The summed E-state index contributed by atoms with van der Waals surface area (Å²) in [6.45, 7) is 6.34. The summed E-state index contributed by atoms with van der Waals surface area (Å²) in [5.74, 6) is -2.70. The zero-order valence-corrected chi connectivity index (χ0v) is 19.9. The lowest BCUT2D eigenvalue weighted by molar-refractivity contribution is -0.141. The molecule has 11 heteroatoms. The fraction of sp³-hybridized carbons (Fsp3) is 0.550. The minimum absolute atomic E-state index is 0. The molecule has 4 N–H and O–H groups in total. The third kappa shape index (κ3) is 12.4. The molecule has 3 unspecified atom stereocenters. The van der Waals surface area contributed by atoms with Crippen molar-refractivity contribution in [2.75, 3.05) is 18.9 Å². The van der Waals surface area contributed by atoms with Crippen molar-refractivity contribution in [1.29, 1.82) is 0 Å². The predicted molar refractivity (Wildman–Crippen MR) is 120 cm³/mol. The van der Waals surface area contributed by atoms with Crippen LogP contribution in [-0.4, -0.2) is 58.5 Å². The summed E-state index contributed by atoms with van der Waals surface area (Å²) < 4.78 is 17.7. The van der Waals surface area contributed by atoms with E-state index in [1.807, 2.05) is 6.07 Å². The molecular formula is C20H32ClN2O7P. The lowest BCUT2D eigenvalue weighted by atomic mass is 10.00. The Labute approximate surface area is 188 Å². The van der Waals surface area contributed by atoms with Gasteiger partial charge in [-0.25, -0.2) is 4.79 Å². The standard InChI is InChI=1S/C20H31N2O7P.ClH/c1-14(18(24)25)22-17(23)16(12-15-8-6-5-7-9-15)13-30(27,28)11-10-21-19(26)29-20(2,3)4;/h5-9,14,16H,10-13H2,1-4H3,(H,21,26)(H,22,23)(H,24,25)(H,27,28);1H. The Morgan fingerprint density at radius 1 is 1.16 bits per heavy atom. The zero-order chi connectivity index (χ0) is 22.9. The second-order valence-corrected chi connectivity index (χ2v) is 10.6. The molecule has 0 aliphatic heterocycles. The predicted octanol–water partition coefficient (Wildman–Crippen LogP) is 2.65. The highest BCUT2D eigenvalue weighted by atomic mass is 35.5. The number of rotatable bonds is 10. The van der Waals surface area contributed by atoms with Crippen LogP contribution in [0.2, 0.25) is 0 Å². The van der Waals surface area contributed by atoms with Gasteiger partial charge in [0, 0.05) is 18.9 Å². The highest BCUT2D eigenvalue weighted by Crippen LogP contribution is 2.42. The summed E-state index contributed by atoms with van der Waals surface area (Å²) in [6.07, 6.45) is -1.09. The van der Waals surface area contributed by atoms with E-state index in [-0.39, 0.29) is 37.7 Å². The summed E-state index contributed by atoms with van der Waals surface area (Å²) in [4.78, 5) is 45.7. The second kappa shape index (κ2) is 12.7. The maximum Gasteiger partial charge on any atom is 0.407 e. The SMILES string of the molecule is CC(NC(=O)C(Cc1ccccc1)CP(=O)(O)CCNC(=O)OC(C)(C)C)C(=O)O.Cl. The minimum atomic E-state index is -3.79. The van der Waals surface area contributed by atoms with Crippen molar-refractivity contribution < 1.29 is 33.7 Å². The molecule has 1 aromatic rings. The summed E-state index contributed by atoms with van der Waals surface area (Å²) in [6, 6.07) is 7.83. The van der Waals surface area contributed by atoms with Crippen molar-refractivity contribution in [3.05, 3.63) is 35.9 Å². The number of ether oxygens (including phenoxy) is 1. The van der Waals surface area contributed by atoms with Crippen molar-refractivity contribution in [2.24, 2.45) is 5.92 Å². The number of aliphatic carboxylic acids is 1. The van der Waals surface area contributed by atoms with Gasteiger partial charge in [-0.2, -0.15) is 0 Å². The minimum Gasteiger partial charge on any atom is -0.480 e. The number of amides is 2. The Balaban J connectivity index is 0.00000900. The maximum absolute atomic E-state index is 12.7. The Hall–Kier alpha value is -2.09. The molecule has 31 heavy (non-hydrogen) atoms. The normalized spacial score (nSPS) is 14.9. The van der Waals surface area contributed by atoms with Gasteiger partial charge < -0.3 is 25.4 Å². The second-order valence-electron chi connectivity index (χ2n) is 8.14. The molecule has 0 spiro atoms. The topological polar surface area (TPSA) is 142 Å². The van der Waals surface area contributed by atoms with Gasteiger partial charge in [0.2, 0.25) is 13.3 Å². The molecule has 0 aliphatic carbocycles. The fourth-order valence-electron chi connectivity index (χ4n) is 2.61. The van der Waals surface area contributed by atoms with Gasteiger partial charge in [0.05, 0.1) is 5.92 Å². The van der Waals surface area contributed by atoms with Gasteiger partial charge in [-0.3, -0.25) is 14.2 Å². The Morgan fingerprint density at radius 2 is 1.74 bits per heavy atom. The lowest BCUT2D eigenvalue weighted by Crippen LogP contribution is -2.43. The number of alkyl carbamates (subject to hydrolysis) is 1. The molecule has 0 aliphatic rings. The number of carbonyl (C=O) groups is 3. The van der Waals surface area contributed by atoms with Crippen LogP contribution in [0.25, 0.3) is 0 Å². The number of hydrogen-bond donors (Lipinski definition) is 4. The van der Waals surface area contributed by atoms with Gasteiger partial charge in [0.1, 0.15) is 11.6 Å². The van der Waals surface area contributed by atoms with E-state index in [4.69, 9.17) is 9.84 Å². The summed E-state index contributed by atoms with van der Waals surface area (Å²) in [7, 11) is -3.79. The molecule has 0 fully saturated rings. The molecular weight excluding hydrogens is 447 g/mol. The first-order chi connectivity index (χ1) is 13.8.